The number of hydrazine groups is 1. The topological polar surface area (TPSA) is 88.3 Å². The normalized spacial score (nSPS) is 15.7. The molecule has 0 unspecified atom stereocenters. The van der Waals surface area contributed by atoms with Gasteiger partial charge in [0.05, 0.1) is 0 Å². The van der Waals surface area contributed by atoms with E-state index in [0.29, 0.717) is 24.8 Å². The number of nitrogen functional groups attached to an aromatic ring is 1. The number of sulfonamides is 1. The van der Waals surface area contributed by atoms with E-state index in [2.05, 4.69) is 10.4 Å². The maximum atomic E-state index is 12.5. The van der Waals surface area contributed by atoms with Gasteiger partial charge in [0.1, 0.15) is 10.7 Å². The number of rotatable bonds is 7. The van der Waals surface area contributed by atoms with Crippen molar-refractivity contribution in [1.82, 2.24) is 9.29 Å². The molecule has 0 amide bonds. The summed E-state index contributed by atoms with van der Waals surface area (Å²) < 4.78 is 26.6. The summed E-state index contributed by atoms with van der Waals surface area (Å²) in [5.41, 5.74) is 2.38. The number of pyridine rings is 1. The zero-order valence-corrected chi connectivity index (χ0v) is 11.9. The lowest BCUT2D eigenvalue weighted by molar-refractivity contribution is 0.395. The molecule has 3 N–H and O–H groups in total. The third kappa shape index (κ3) is 3.43. The molecule has 0 aliphatic heterocycles. The molecule has 0 spiro atoms. The third-order valence-corrected chi connectivity index (χ3v) is 5.00. The molecular formula is C12H20N4O2S. The molecule has 1 aromatic heterocycles. The van der Waals surface area contributed by atoms with Crippen LogP contribution in [0.15, 0.2) is 23.2 Å². The van der Waals surface area contributed by atoms with Crippen LogP contribution in [0.25, 0.3) is 0 Å². The highest BCUT2D eigenvalue weighted by Crippen LogP contribution is 2.31. The van der Waals surface area contributed by atoms with Gasteiger partial charge in [-0.3, -0.25) is 0 Å². The van der Waals surface area contributed by atoms with Crippen LogP contribution in [-0.2, 0) is 10.0 Å². The maximum Gasteiger partial charge on any atom is 0.244 e. The van der Waals surface area contributed by atoms with Gasteiger partial charge in [0.25, 0.3) is 0 Å². The van der Waals surface area contributed by atoms with Crippen molar-refractivity contribution in [2.24, 2.45) is 11.8 Å². The zero-order chi connectivity index (χ0) is 13.9. The van der Waals surface area contributed by atoms with E-state index >= 15 is 0 Å². The van der Waals surface area contributed by atoms with E-state index in [1.807, 2.05) is 6.92 Å². The van der Waals surface area contributed by atoms with Gasteiger partial charge < -0.3 is 5.43 Å². The summed E-state index contributed by atoms with van der Waals surface area (Å²) in [4.78, 5) is 4.18. The molecule has 19 heavy (non-hydrogen) atoms. The average molecular weight is 284 g/mol. The Labute approximate surface area is 114 Å². The predicted octanol–water partition coefficient (Wildman–Crippen LogP) is 1.18. The van der Waals surface area contributed by atoms with Crippen LogP contribution in [0.3, 0.4) is 0 Å². The smallest absolute Gasteiger partial charge is 0.244 e. The second-order valence-corrected chi connectivity index (χ2v) is 6.77. The van der Waals surface area contributed by atoms with Gasteiger partial charge in [-0.25, -0.2) is 19.2 Å². The Hall–Kier alpha value is -1.18. The van der Waals surface area contributed by atoms with E-state index in [0.717, 1.165) is 19.3 Å². The van der Waals surface area contributed by atoms with Crippen molar-refractivity contribution in [2.75, 3.05) is 18.5 Å². The molecule has 106 valence electrons. The van der Waals surface area contributed by atoms with Gasteiger partial charge in [0.2, 0.25) is 10.0 Å². The molecule has 7 heteroatoms. The largest absolute Gasteiger partial charge is 0.308 e. The van der Waals surface area contributed by atoms with Crippen molar-refractivity contribution < 1.29 is 8.42 Å². The molecule has 0 bridgehead atoms. The second-order valence-electron chi connectivity index (χ2n) is 4.83. The fourth-order valence-electron chi connectivity index (χ4n) is 1.91. The Morgan fingerprint density at radius 1 is 1.47 bits per heavy atom. The van der Waals surface area contributed by atoms with Gasteiger partial charge in [-0.1, -0.05) is 6.92 Å². The van der Waals surface area contributed by atoms with Crippen molar-refractivity contribution in [2.45, 2.75) is 31.1 Å². The molecule has 1 fully saturated rings. The lowest BCUT2D eigenvalue weighted by Gasteiger charge is -2.21. The fourth-order valence-corrected chi connectivity index (χ4v) is 3.47. The Morgan fingerprint density at radius 3 is 2.68 bits per heavy atom. The SMILES string of the molecule is CCCN(CC1CC1)S(=O)(=O)c1ccc(NN)nc1. The molecule has 0 saturated heterocycles. The highest BCUT2D eigenvalue weighted by atomic mass is 32.2. The Bertz CT molecular complexity index is 511. The monoisotopic (exact) mass is 284 g/mol. The highest BCUT2D eigenvalue weighted by molar-refractivity contribution is 7.89. The van der Waals surface area contributed by atoms with Gasteiger partial charge in [-0.15, -0.1) is 0 Å². The molecular weight excluding hydrogens is 264 g/mol. The van der Waals surface area contributed by atoms with E-state index < -0.39 is 10.0 Å². The summed E-state index contributed by atoms with van der Waals surface area (Å²) >= 11 is 0. The number of aromatic nitrogens is 1. The number of anilines is 1. The van der Waals surface area contributed by atoms with Gasteiger partial charge >= 0.3 is 0 Å². The standard InChI is InChI=1S/C12H20N4O2S/c1-2-7-16(9-10-3-4-10)19(17,18)11-5-6-12(15-13)14-8-11/h5-6,8,10H,2-4,7,9,13H2,1H3,(H,14,15). The molecule has 1 aliphatic carbocycles. The first-order valence-electron chi connectivity index (χ1n) is 6.50. The van der Waals surface area contributed by atoms with E-state index in [1.165, 1.54) is 12.3 Å². The van der Waals surface area contributed by atoms with Crippen LogP contribution in [0.1, 0.15) is 26.2 Å². The number of hydrogen-bond acceptors (Lipinski definition) is 5. The number of nitrogens with one attached hydrogen (secondary N) is 1. The van der Waals surface area contributed by atoms with Crippen molar-refractivity contribution in [3.05, 3.63) is 18.3 Å². The first-order chi connectivity index (χ1) is 9.07. The average Bonchev–Trinajstić information content (AvgIpc) is 3.22. The summed E-state index contributed by atoms with van der Waals surface area (Å²) in [7, 11) is -3.44. The lowest BCUT2D eigenvalue weighted by atomic mass is 10.4. The molecule has 1 saturated carbocycles. The summed E-state index contributed by atoms with van der Waals surface area (Å²) in [6.07, 6.45) is 4.41. The Morgan fingerprint density at radius 2 is 2.21 bits per heavy atom. The Balaban J connectivity index is 2.20. The first-order valence-corrected chi connectivity index (χ1v) is 7.94. The molecule has 0 atom stereocenters. The molecule has 0 radical (unpaired) electrons. The van der Waals surface area contributed by atoms with Crippen molar-refractivity contribution in [1.29, 1.82) is 0 Å². The summed E-state index contributed by atoms with van der Waals surface area (Å²) in [6.45, 7) is 3.15. The summed E-state index contributed by atoms with van der Waals surface area (Å²) in [5, 5.41) is 0. The fraction of sp³-hybridized carbons (Fsp3) is 0.583. The van der Waals surface area contributed by atoms with E-state index in [1.54, 1.807) is 10.4 Å². The van der Waals surface area contributed by atoms with E-state index in [-0.39, 0.29) is 4.90 Å². The number of hydrogen-bond donors (Lipinski definition) is 2. The predicted molar refractivity (Wildman–Crippen MR) is 73.8 cm³/mol. The number of nitrogens with zero attached hydrogens (tertiary/aromatic N) is 2. The van der Waals surface area contributed by atoms with Crippen LogP contribution in [0.5, 0.6) is 0 Å². The van der Waals surface area contributed by atoms with Crippen LogP contribution in [0, 0.1) is 5.92 Å². The lowest BCUT2D eigenvalue weighted by Crippen LogP contribution is -2.33. The molecule has 2 rings (SSSR count). The van der Waals surface area contributed by atoms with E-state index in [4.69, 9.17) is 5.84 Å². The quantitative estimate of drug-likeness (QED) is 0.580. The molecule has 1 aliphatic rings. The van der Waals surface area contributed by atoms with Crippen LogP contribution in [0.2, 0.25) is 0 Å². The van der Waals surface area contributed by atoms with Crippen LogP contribution in [-0.4, -0.2) is 30.8 Å². The van der Waals surface area contributed by atoms with E-state index in [9.17, 15) is 8.42 Å². The van der Waals surface area contributed by atoms with Gasteiger partial charge in [-0.2, -0.15) is 4.31 Å². The summed E-state index contributed by atoms with van der Waals surface area (Å²) in [6, 6.07) is 3.10. The maximum absolute atomic E-state index is 12.5. The third-order valence-electron chi connectivity index (χ3n) is 3.15. The van der Waals surface area contributed by atoms with Crippen LogP contribution < -0.4 is 11.3 Å². The zero-order valence-electron chi connectivity index (χ0n) is 11.0. The Kier molecular flexibility index (Phi) is 4.38. The van der Waals surface area contributed by atoms with Crippen LogP contribution in [0.4, 0.5) is 5.82 Å². The van der Waals surface area contributed by atoms with Gasteiger partial charge in [0, 0.05) is 19.3 Å². The van der Waals surface area contributed by atoms with Gasteiger partial charge in [-0.05, 0) is 37.3 Å². The molecule has 1 heterocycles. The van der Waals surface area contributed by atoms with Crippen molar-refractivity contribution in [3.8, 4) is 0 Å². The minimum atomic E-state index is -3.44. The van der Waals surface area contributed by atoms with Crippen molar-refractivity contribution in [3.63, 3.8) is 0 Å². The second kappa shape index (κ2) is 5.85. The highest BCUT2D eigenvalue weighted by Gasteiger charge is 2.31. The first kappa shape index (κ1) is 14.2. The molecule has 1 aromatic rings. The molecule has 6 nitrogen and oxygen atoms in total. The summed E-state index contributed by atoms with van der Waals surface area (Å²) in [5.74, 6) is 6.19. The minimum Gasteiger partial charge on any atom is -0.308 e. The van der Waals surface area contributed by atoms with Crippen molar-refractivity contribution >= 4 is 15.8 Å². The number of nitrogens with two attached hydrogens (primary N) is 1. The molecule has 0 aromatic carbocycles. The minimum absolute atomic E-state index is 0.223. The van der Waals surface area contributed by atoms with Gasteiger partial charge in [0.15, 0.2) is 0 Å². The van der Waals surface area contributed by atoms with Crippen LogP contribution >= 0.6 is 0 Å².